The SMILES string of the molecule is O=c1ccc([N+](=O)[O-])cn1CCn1c(-c2ccccn2)noc1=O. The number of aryl methyl sites for hydroxylation is 1. The Labute approximate surface area is 133 Å². The van der Waals surface area contributed by atoms with Gasteiger partial charge in [-0.25, -0.2) is 4.79 Å². The summed E-state index contributed by atoms with van der Waals surface area (Å²) in [5, 5.41) is 14.5. The molecule has 10 nitrogen and oxygen atoms in total. The fraction of sp³-hybridized carbons (Fsp3) is 0.143. The Balaban J connectivity index is 1.90. The number of rotatable bonds is 5. The summed E-state index contributed by atoms with van der Waals surface area (Å²) < 4.78 is 7.02. The Hall–Kier alpha value is -3.56. The number of nitro groups is 1. The van der Waals surface area contributed by atoms with Gasteiger partial charge in [0.2, 0.25) is 5.82 Å². The van der Waals surface area contributed by atoms with Gasteiger partial charge in [0.25, 0.3) is 11.2 Å². The molecule has 3 aromatic heterocycles. The van der Waals surface area contributed by atoms with E-state index in [4.69, 9.17) is 0 Å². The van der Waals surface area contributed by atoms with Gasteiger partial charge in [-0.3, -0.25) is 29.0 Å². The summed E-state index contributed by atoms with van der Waals surface area (Å²) in [5.74, 6) is -0.479. The fourth-order valence-corrected chi connectivity index (χ4v) is 2.15. The minimum atomic E-state index is -0.700. The van der Waals surface area contributed by atoms with Crippen molar-refractivity contribution in [3.05, 3.63) is 73.7 Å². The molecule has 0 bridgehead atoms. The van der Waals surface area contributed by atoms with Crippen LogP contribution in [0.5, 0.6) is 0 Å². The molecule has 0 aromatic carbocycles. The van der Waals surface area contributed by atoms with Crippen molar-refractivity contribution in [3.63, 3.8) is 0 Å². The van der Waals surface area contributed by atoms with Crippen molar-refractivity contribution < 1.29 is 9.45 Å². The van der Waals surface area contributed by atoms with Crippen molar-refractivity contribution in [3.8, 4) is 11.5 Å². The average Bonchev–Trinajstić information content (AvgIpc) is 2.95. The monoisotopic (exact) mass is 329 g/mol. The lowest BCUT2D eigenvalue weighted by molar-refractivity contribution is -0.385. The van der Waals surface area contributed by atoms with Crippen LogP contribution in [0.2, 0.25) is 0 Å². The van der Waals surface area contributed by atoms with E-state index in [0.29, 0.717) is 5.69 Å². The molecule has 0 radical (unpaired) electrons. The zero-order chi connectivity index (χ0) is 17.1. The van der Waals surface area contributed by atoms with Gasteiger partial charge in [0.05, 0.1) is 11.1 Å². The molecule has 0 spiro atoms. The van der Waals surface area contributed by atoms with Gasteiger partial charge in [0.1, 0.15) is 5.69 Å². The molecule has 0 saturated carbocycles. The number of hydrogen-bond donors (Lipinski definition) is 0. The third-order valence-electron chi connectivity index (χ3n) is 3.32. The summed E-state index contributed by atoms with van der Waals surface area (Å²) in [4.78, 5) is 37.9. The molecule has 0 aliphatic carbocycles. The van der Waals surface area contributed by atoms with Crippen LogP contribution in [-0.2, 0) is 13.1 Å². The molecular formula is C14H11N5O5. The number of hydrogen-bond acceptors (Lipinski definition) is 7. The predicted octanol–water partition coefficient (Wildman–Crippen LogP) is 0.668. The van der Waals surface area contributed by atoms with E-state index in [1.807, 2.05) is 0 Å². The maximum absolute atomic E-state index is 11.8. The van der Waals surface area contributed by atoms with Gasteiger partial charge in [-0.2, -0.15) is 0 Å². The highest BCUT2D eigenvalue weighted by atomic mass is 16.6. The summed E-state index contributed by atoms with van der Waals surface area (Å²) in [6, 6.07) is 7.34. The minimum absolute atomic E-state index is 0.0431. The van der Waals surface area contributed by atoms with Gasteiger partial charge < -0.3 is 4.57 Å². The van der Waals surface area contributed by atoms with Crippen LogP contribution in [0.15, 0.2) is 56.8 Å². The Kier molecular flexibility index (Phi) is 4.01. The van der Waals surface area contributed by atoms with E-state index in [9.17, 15) is 19.7 Å². The van der Waals surface area contributed by atoms with Crippen LogP contribution in [0.3, 0.4) is 0 Å². The van der Waals surface area contributed by atoms with Crippen LogP contribution in [0.1, 0.15) is 0 Å². The van der Waals surface area contributed by atoms with Gasteiger partial charge in [-0.15, -0.1) is 0 Å². The summed E-state index contributed by atoms with van der Waals surface area (Å²) >= 11 is 0. The van der Waals surface area contributed by atoms with Crippen molar-refractivity contribution in [1.29, 1.82) is 0 Å². The average molecular weight is 329 g/mol. The Bertz CT molecular complexity index is 989. The lowest BCUT2D eigenvalue weighted by atomic mass is 10.3. The maximum Gasteiger partial charge on any atom is 0.441 e. The van der Waals surface area contributed by atoms with Crippen LogP contribution >= 0.6 is 0 Å². The second-order valence-corrected chi connectivity index (χ2v) is 4.81. The third kappa shape index (κ3) is 2.97. The molecule has 0 saturated heterocycles. The molecule has 0 unspecified atom stereocenters. The normalized spacial score (nSPS) is 10.7. The molecule has 0 amide bonds. The molecular weight excluding hydrogens is 318 g/mol. The first-order valence-electron chi connectivity index (χ1n) is 6.89. The predicted molar refractivity (Wildman–Crippen MR) is 81.4 cm³/mol. The molecule has 122 valence electrons. The molecule has 0 fully saturated rings. The van der Waals surface area contributed by atoms with Crippen molar-refractivity contribution in [2.45, 2.75) is 13.1 Å². The first kappa shape index (κ1) is 15.3. The molecule has 24 heavy (non-hydrogen) atoms. The van der Waals surface area contributed by atoms with Gasteiger partial charge in [0.15, 0.2) is 0 Å². The minimum Gasteiger partial charge on any atom is -0.307 e. The largest absolute Gasteiger partial charge is 0.441 e. The van der Waals surface area contributed by atoms with Crippen molar-refractivity contribution in [1.82, 2.24) is 19.3 Å². The van der Waals surface area contributed by atoms with E-state index in [1.54, 1.807) is 24.4 Å². The number of nitrogens with zero attached hydrogens (tertiary/aromatic N) is 5. The molecule has 3 heterocycles. The topological polar surface area (TPSA) is 126 Å². The summed E-state index contributed by atoms with van der Waals surface area (Å²) in [5.41, 5.74) is -0.184. The quantitative estimate of drug-likeness (QED) is 0.497. The molecule has 10 heteroatoms. The van der Waals surface area contributed by atoms with Gasteiger partial charge >= 0.3 is 5.76 Å². The molecule has 0 N–H and O–H groups in total. The van der Waals surface area contributed by atoms with Gasteiger partial charge in [-0.1, -0.05) is 11.2 Å². The van der Waals surface area contributed by atoms with Gasteiger partial charge in [-0.05, 0) is 12.1 Å². The van der Waals surface area contributed by atoms with E-state index >= 15 is 0 Å². The number of aromatic nitrogens is 4. The second kappa shape index (κ2) is 6.28. The smallest absolute Gasteiger partial charge is 0.307 e. The van der Waals surface area contributed by atoms with E-state index in [-0.39, 0.29) is 24.6 Å². The van der Waals surface area contributed by atoms with Crippen LogP contribution in [0.4, 0.5) is 5.69 Å². The molecule has 0 aliphatic rings. The fourth-order valence-electron chi connectivity index (χ4n) is 2.15. The lowest BCUT2D eigenvalue weighted by Crippen LogP contribution is -2.25. The zero-order valence-electron chi connectivity index (χ0n) is 12.2. The molecule has 0 atom stereocenters. The van der Waals surface area contributed by atoms with E-state index in [2.05, 4.69) is 14.7 Å². The summed E-state index contributed by atoms with van der Waals surface area (Å²) in [7, 11) is 0. The highest BCUT2D eigenvalue weighted by Gasteiger charge is 2.14. The van der Waals surface area contributed by atoms with Gasteiger partial charge in [0, 0.05) is 31.4 Å². The Morgan fingerprint density at radius 2 is 2.00 bits per heavy atom. The van der Waals surface area contributed by atoms with Crippen molar-refractivity contribution in [2.24, 2.45) is 0 Å². The summed E-state index contributed by atoms with van der Waals surface area (Å²) in [6.45, 7) is 0.0940. The van der Waals surface area contributed by atoms with E-state index < -0.39 is 16.2 Å². The van der Waals surface area contributed by atoms with Crippen LogP contribution < -0.4 is 11.3 Å². The third-order valence-corrected chi connectivity index (χ3v) is 3.32. The van der Waals surface area contributed by atoms with E-state index in [1.165, 1.54) is 4.57 Å². The highest BCUT2D eigenvalue weighted by Crippen LogP contribution is 2.12. The first-order valence-corrected chi connectivity index (χ1v) is 6.89. The lowest BCUT2D eigenvalue weighted by Gasteiger charge is -2.06. The summed E-state index contributed by atoms with van der Waals surface area (Å²) in [6.07, 6.45) is 2.67. The van der Waals surface area contributed by atoms with Crippen molar-refractivity contribution in [2.75, 3.05) is 0 Å². The Morgan fingerprint density at radius 1 is 1.17 bits per heavy atom. The highest BCUT2D eigenvalue weighted by molar-refractivity contribution is 5.47. The van der Waals surface area contributed by atoms with Crippen LogP contribution in [0.25, 0.3) is 11.5 Å². The second-order valence-electron chi connectivity index (χ2n) is 4.81. The van der Waals surface area contributed by atoms with E-state index in [0.717, 1.165) is 22.9 Å². The maximum atomic E-state index is 11.8. The van der Waals surface area contributed by atoms with Crippen LogP contribution in [-0.4, -0.2) is 24.2 Å². The molecule has 0 aliphatic heterocycles. The standard InChI is InChI=1S/C14H11N5O5/c20-12-5-4-10(19(22)23)9-17(12)7-8-18-13(16-24-14(18)21)11-3-1-2-6-15-11/h1-6,9H,7-8H2. The zero-order valence-corrected chi connectivity index (χ0v) is 12.2. The Morgan fingerprint density at radius 3 is 2.71 bits per heavy atom. The van der Waals surface area contributed by atoms with Crippen LogP contribution in [0, 0.1) is 10.1 Å². The molecule has 3 rings (SSSR count). The first-order chi connectivity index (χ1) is 11.6. The number of pyridine rings is 2. The van der Waals surface area contributed by atoms with Crippen molar-refractivity contribution >= 4 is 5.69 Å². The molecule has 3 aromatic rings.